The molecule has 12 heavy (non-hydrogen) atoms. The molecule has 0 amide bonds. The van der Waals surface area contributed by atoms with Crippen LogP contribution in [0.2, 0.25) is 12.1 Å². The van der Waals surface area contributed by atoms with Crippen LogP contribution in [0.1, 0.15) is 13.8 Å². The van der Waals surface area contributed by atoms with Crippen LogP contribution in [-0.4, -0.2) is 28.9 Å². The fraction of sp³-hybridized carbons (Fsp3) is 0.857. The van der Waals surface area contributed by atoms with E-state index in [1.54, 1.807) is 14.2 Å². The molecule has 0 aromatic carbocycles. The van der Waals surface area contributed by atoms with Crippen LogP contribution in [0.3, 0.4) is 0 Å². The number of hydrogen-bond acceptors (Lipinski definition) is 4. The molecule has 0 saturated heterocycles. The van der Waals surface area contributed by atoms with Gasteiger partial charge >= 0.3 is 8.56 Å². The SMILES string of the molecule is CO[Si](C)(OC)C(C)C.N=C=O. The van der Waals surface area contributed by atoms with Gasteiger partial charge in [0.05, 0.1) is 0 Å². The fourth-order valence-corrected chi connectivity index (χ4v) is 1.66. The molecule has 0 aromatic heterocycles. The second kappa shape index (κ2) is 7.18. The van der Waals surface area contributed by atoms with Gasteiger partial charge in [0.25, 0.3) is 0 Å². The lowest BCUT2D eigenvalue weighted by molar-refractivity contribution is 0.240. The highest BCUT2D eigenvalue weighted by Crippen LogP contribution is 2.20. The summed E-state index contributed by atoms with van der Waals surface area (Å²) in [6, 6.07) is 0. The van der Waals surface area contributed by atoms with E-state index in [0.29, 0.717) is 5.54 Å². The van der Waals surface area contributed by atoms with E-state index in [1.807, 2.05) is 0 Å². The summed E-state index contributed by atoms with van der Waals surface area (Å²) in [4.78, 5) is 8.35. The van der Waals surface area contributed by atoms with E-state index in [9.17, 15) is 0 Å². The fourth-order valence-electron chi connectivity index (χ4n) is 0.555. The van der Waals surface area contributed by atoms with Crippen molar-refractivity contribution in [1.82, 2.24) is 0 Å². The van der Waals surface area contributed by atoms with Gasteiger partial charge in [0.2, 0.25) is 6.08 Å². The topological polar surface area (TPSA) is 59.4 Å². The van der Waals surface area contributed by atoms with Crippen molar-refractivity contribution < 1.29 is 13.6 Å². The normalized spacial score (nSPS) is 10.2. The Morgan fingerprint density at radius 2 is 1.58 bits per heavy atom. The second-order valence-electron chi connectivity index (χ2n) is 2.68. The van der Waals surface area contributed by atoms with Gasteiger partial charge in [-0.05, 0) is 12.1 Å². The molecule has 72 valence electrons. The summed E-state index contributed by atoms with van der Waals surface area (Å²) >= 11 is 0. The molecule has 0 unspecified atom stereocenters. The Morgan fingerprint density at radius 1 is 1.33 bits per heavy atom. The van der Waals surface area contributed by atoms with Crippen molar-refractivity contribution in [1.29, 1.82) is 5.41 Å². The first-order valence-corrected chi connectivity index (χ1v) is 6.02. The van der Waals surface area contributed by atoms with Crippen molar-refractivity contribution in [3.05, 3.63) is 0 Å². The highest BCUT2D eigenvalue weighted by atomic mass is 28.4. The van der Waals surface area contributed by atoms with Crippen LogP contribution < -0.4 is 0 Å². The number of isocyanates is 1. The predicted molar refractivity (Wildman–Crippen MR) is 49.1 cm³/mol. The molecule has 0 heterocycles. The molecule has 0 rings (SSSR count). The van der Waals surface area contributed by atoms with Crippen LogP contribution in [0.25, 0.3) is 0 Å². The van der Waals surface area contributed by atoms with Gasteiger partial charge in [-0.3, -0.25) is 0 Å². The lowest BCUT2D eigenvalue weighted by Crippen LogP contribution is -2.39. The lowest BCUT2D eigenvalue weighted by Gasteiger charge is -2.26. The molecule has 0 atom stereocenters. The largest absolute Gasteiger partial charge is 0.398 e. The Kier molecular flexibility index (Phi) is 8.42. The molecule has 0 spiro atoms. The third-order valence-electron chi connectivity index (χ3n) is 1.86. The molecule has 4 nitrogen and oxygen atoms in total. The van der Waals surface area contributed by atoms with Gasteiger partial charge in [-0.2, -0.15) is 0 Å². The van der Waals surface area contributed by atoms with E-state index >= 15 is 0 Å². The van der Waals surface area contributed by atoms with Crippen LogP contribution in [0.5, 0.6) is 0 Å². The summed E-state index contributed by atoms with van der Waals surface area (Å²) in [6.07, 6.45) is 0.750. The zero-order valence-electron chi connectivity index (χ0n) is 8.30. The van der Waals surface area contributed by atoms with Crippen LogP contribution in [0, 0.1) is 5.41 Å². The van der Waals surface area contributed by atoms with Crippen LogP contribution >= 0.6 is 0 Å². The van der Waals surface area contributed by atoms with Crippen molar-refractivity contribution in [2.24, 2.45) is 0 Å². The number of hydrogen-bond donors (Lipinski definition) is 1. The molecule has 0 aliphatic rings. The van der Waals surface area contributed by atoms with Crippen LogP contribution in [-0.2, 0) is 13.6 Å². The summed E-state index contributed by atoms with van der Waals surface area (Å²) in [6.45, 7) is 6.32. The van der Waals surface area contributed by atoms with Crippen molar-refractivity contribution in [2.45, 2.75) is 25.9 Å². The minimum atomic E-state index is -1.77. The van der Waals surface area contributed by atoms with Crippen LogP contribution in [0.15, 0.2) is 0 Å². The molecule has 0 bridgehead atoms. The first kappa shape index (κ1) is 14.1. The zero-order valence-corrected chi connectivity index (χ0v) is 9.30. The molecule has 0 aliphatic heterocycles. The minimum absolute atomic E-state index is 0.521. The van der Waals surface area contributed by atoms with Crippen LogP contribution in [0.4, 0.5) is 0 Å². The standard InChI is InChI=1S/C6H16O2Si.CHNO/c1-6(2)9(5,7-3)8-4;2-1-3/h6H,1-5H3;2H. The molecule has 5 heteroatoms. The molecule has 0 aromatic rings. The summed E-state index contributed by atoms with van der Waals surface area (Å²) in [5.41, 5.74) is 0.521. The predicted octanol–water partition coefficient (Wildman–Crippen LogP) is 1.66. The quantitative estimate of drug-likeness (QED) is 0.419. The summed E-state index contributed by atoms with van der Waals surface area (Å²) < 4.78 is 10.5. The molecule has 0 radical (unpaired) electrons. The number of carbonyl (C=O) groups excluding carboxylic acids is 1. The maximum Gasteiger partial charge on any atom is 0.337 e. The van der Waals surface area contributed by atoms with E-state index in [2.05, 4.69) is 20.4 Å². The van der Waals surface area contributed by atoms with Gasteiger partial charge in [-0.25, -0.2) is 10.2 Å². The van der Waals surface area contributed by atoms with Gasteiger partial charge in [-0.15, -0.1) is 0 Å². The van der Waals surface area contributed by atoms with Crippen molar-refractivity contribution >= 4 is 14.6 Å². The third-order valence-corrected chi connectivity index (χ3v) is 5.58. The van der Waals surface area contributed by atoms with E-state index in [0.717, 1.165) is 6.08 Å². The first-order valence-electron chi connectivity index (χ1n) is 3.62. The number of rotatable bonds is 3. The smallest absolute Gasteiger partial charge is 0.337 e. The van der Waals surface area contributed by atoms with E-state index in [4.69, 9.17) is 19.1 Å². The van der Waals surface area contributed by atoms with Gasteiger partial charge < -0.3 is 8.85 Å². The van der Waals surface area contributed by atoms with Gasteiger partial charge in [0, 0.05) is 14.2 Å². The maximum absolute atomic E-state index is 8.35. The Bertz CT molecular complexity index is 140. The summed E-state index contributed by atoms with van der Waals surface area (Å²) in [5, 5.41) is 5.40. The molecule has 0 saturated carbocycles. The molecular weight excluding hydrogens is 174 g/mol. The molecule has 0 fully saturated rings. The Balaban J connectivity index is 0. The Hall–Kier alpha value is -0.483. The Morgan fingerprint density at radius 3 is 1.58 bits per heavy atom. The van der Waals surface area contributed by atoms with Gasteiger partial charge in [-0.1, -0.05) is 13.8 Å². The lowest BCUT2D eigenvalue weighted by atomic mass is 10.6. The highest BCUT2D eigenvalue weighted by molar-refractivity contribution is 6.67. The van der Waals surface area contributed by atoms with Crippen molar-refractivity contribution in [3.63, 3.8) is 0 Å². The zero-order chi connectivity index (χ0) is 10.2. The van der Waals surface area contributed by atoms with Gasteiger partial charge in [0.15, 0.2) is 0 Å². The number of nitrogens with one attached hydrogen (secondary N) is 1. The van der Waals surface area contributed by atoms with E-state index in [1.165, 1.54) is 0 Å². The molecule has 1 N–H and O–H groups in total. The van der Waals surface area contributed by atoms with E-state index in [-0.39, 0.29) is 0 Å². The summed E-state index contributed by atoms with van der Waals surface area (Å²) in [7, 11) is 1.66. The third kappa shape index (κ3) is 5.20. The molecular formula is C7H17NO3Si. The second-order valence-corrected chi connectivity index (χ2v) is 6.68. The maximum atomic E-state index is 8.35. The van der Waals surface area contributed by atoms with Gasteiger partial charge in [0.1, 0.15) is 0 Å². The first-order chi connectivity index (χ1) is 5.48. The van der Waals surface area contributed by atoms with Crippen molar-refractivity contribution in [2.75, 3.05) is 14.2 Å². The average Bonchev–Trinajstić information content (AvgIpc) is 2.04. The van der Waals surface area contributed by atoms with Crippen molar-refractivity contribution in [3.8, 4) is 0 Å². The molecule has 0 aliphatic carbocycles. The Labute approximate surface area is 74.6 Å². The highest BCUT2D eigenvalue weighted by Gasteiger charge is 2.32. The summed E-state index contributed by atoms with van der Waals surface area (Å²) in [5.74, 6) is 0. The minimum Gasteiger partial charge on any atom is -0.398 e. The average molecular weight is 191 g/mol. The van der Waals surface area contributed by atoms with E-state index < -0.39 is 8.56 Å². The monoisotopic (exact) mass is 191 g/mol.